The summed E-state index contributed by atoms with van der Waals surface area (Å²) in [5.74, 6) is -1.33. The van der Waals surface area contributed by atoms with Crippen molar-refractivity contribution in [1.82, 2.24) is 9.78 Å². The lowest BCUT2D eigenvalue weighted by molar-refractivity contribution is -0.384. The number of carboxylic acid groups (broad SMARTS) is 1. The highest BCUT2D eigenvalue weighted by atomic mass is 16.6. The van der Waals surface area contributed by atoms with Crippen LogP contribution in [0.4, 0.5) is 11.5 Å². The number of aryl methyl sites for hydroxylation is 2. The van der Waals surface area contributed by atoms with Crippen LogP contribution in [0.25, 0.3) is 0 Å². The van der Waals surface area contributed by atoms with Gasteiger partial charge in [0.05, 0.1) is 10.8 Å². The standard InChI is InChI=1S/C10H16N4O4/c1-4-13-9(11-5-6(2)10(15)16)8(14(17)18)7(3)12-13/h6,11H,4-5H2,1-3H3,(H,15,16). The number of carboxylic acids is 1. The minimum Gasteiger partial charge on any atom is -0.481 e. The van der Waals surface area contributed by atoms with Crippen molar-refractivity contribution in [2.24, 2.45) is 5.92 Å². The number of aromatic nitrogens is 2. The molecule has 1 unspecified atom stereocenters. The molecule has 0 saturated carbocycles. The van der Waals surface area contributed by atoms with Crippen LogP contribution in [0.5, 0.6) is 0 Å². The minimum atomic E-state index is -0.954. The van der Waals surface area contributed by atoms with E-state index in [1.165, 1.54) is 11.6 Å². The maximum absolute atomic E-state index is 10.9. The van der Waals surface area contributed by atoms with Crippen molar-refractivity contribution in [1.29, 1.82) is 0 Å². The second kappa shape index (κ2) is 5.48. The van der Waals surface area contributed by atoms with E-state index in [1.807, 2.05) is 6.92 Å². The second-order valence-electron chi connectivity index (χ2n) is 3.98. The van der Waals surface area contributed by atoms with Crippen LogP contribution in [-0.4, -0.2) is 32.3 Å². The Morgan fingerprint density at radius 1 is 1.67 bits per heavy atom. The first-order valence-corrected chi connectivity index (χ1v) is 5.56. The van der Waals surface area contributed by atoms with Crippen LogP contribution in [0.3, 0.4) is 0 Å². The summed E-state index contributed by atoms with van der Waals surface area (Å²) in [6.07, 6.45) is 0. The maximum Gasteiger partial charge on any atom is 0.333 e. The normalized spacial score (nSPS) is 12.2. The molecule has 0 saturated heterocycles. The molecular weight excluding hydrogens is 240 g/mol. The molecule has 100 valence electrons. The summed E-state index contributed by atoms with van der Waals surface area (Å²) in [4.78, 5) is 21.1. The fourth-order valence-corrected chi connectivity index (χ4v) is 1.53. The van der Waals surface area contributed by atoms with E-state index in [9.17, 15) is 14.9 Å². The minimum absolute atomic E-state index is 0.102. The molecule has 1 atom stereocenters. The summed E-state index contributed by atoms with van der Waals surface area (Å²) < 4.78 is 1.46. The van der Waals surface area contributed by atoms with Gasteiger partial charge in [-0.2, -0.15) is 5.10 Å². The highest BCUT2D eigenvalue weighted by Crippen LogP contribution is 2.28. The third-order valence-electron chi connectivity index (χ3n) is 2.58. The maximum atomic E-state index is 10.9. The van der Waals surface area contributed by atoms with Crippen molar-refractivity contribution in [2.45, 2.75) is 27.3 Å². The monoisotopic (exact) mass is 256 g/mol. The average Bonchev–Trinajstić information content (AvgIpc) is 2.61. The lowest BCUT2D eigenvalue weighted by Gasteiger charge is -2.10. The summed E-state index contributed by atoms with van der Waals surface area (Å²) in [5.41, 5.74) is 0.210. The predicted molar refractivity (Wildman–Crippen MR) is 64.6 cm³/mol. The summed E-state index contributed by atoms with van der Waals surface area (Å²) in [7, 11) is 0. The molecule has 2 N–H and O–H groups in total. The number of nitrogens with one attached hydrogen (secondary N) is 1. The highest BCUT2D eigenvalue weighted by molar-refractivity contribution is 5.70. The molecule has 0 aliphatic rings. The molecule has 1 aromatic heterocycles. The molecule has 8 nitrogen and oxygen atoms in total. The number of hydrogen-bond donors (Lipinski definition) is 2. The molecule has 1 rings (SSSR count). The van der Waals surface area contributed by atoms with Gasteiger partial charge in [-0.15, -0.1) is 0 Å². The van der Waals surface area contributed by atoms with E-state index in [1.54, 1.807) is 6.92 Å². The number of carbonyl (C=O) groups is 1. The van der Waals surface area contributed by atoms with E-state index >= 15 is 0 Å². The Balaban J connectivity index is 2.99. The van der Waals surface area contributed by atoms with Crippen molar-refractivity contribution >= 4 is 17.5 Å². The van der Waals surface area contributed by atoms with E-state index in [-0.39, 0.29) is 18.1 Å². The molecule has 0 aromatic carbocycles. The van der Waals surface area contributed by atoms with Crippen molar-refractivity contribution in [2.75, 3.05) is 11.9 Å². The van der Waals surface area contributed by atoms with Gasteiger partial charge in [0.25, 0.3) is 0 Å². The third-order valence-corrected chi connectivity index (χ3v) is 2.58. The SMILES string of the molecule is CCn1nc(C)c([N+](=O)[O-])c1NCC(C)C(=O)O. The third kappa shape index (κ3) is 2.76. The van der Waals surface area contributed by atoms with Crippen LogP contribution in [0.1, 0.15) is 19.5 Å². The summed E-state index contributed by atoms with van der Waals surface area (Å²) in [6, 6.07) is 0. The molecule has 0 bridgehead atoms. The van der Waals surface area contributed by atoms with Crippen LogP contribution >= 0.6 is 0 Å². The molecule has 1 aromatic rings. The first-order valence-electron chi connectivity index (χ1n) is 5.56. The van der Waals surface area contributed by atoms with E-state index in [0.717, 1.165) is 0 Å². The zero-order valence-corrected chi connectivity index (χ0v) is 10.5. The van der Waals surface area contributed by atoms with E-state index < -0.39 is 16.8 Å². The molecule has 0 spiro atoms. The summed E-state index contributed by atoms with van der Waals surface area (Å²) >= 11 is 0. The molecule has 0 aliphatic carbocycles. The number of nitro groups is 1. The predicted octanol–water partition coefficient (Wildman–Crippen LogP) is 1.25. The number of hydrogen-bond acceptors (Lipinski definition) is 5. The molecule has 1 heterocycles. The van der Waals surface area contributed by atoms with Gasteiger partial charge in [-0.1, -0.05) is 6.92 Å². The van der Waals surface area contributed by atoms with Crippen molar-refractivity contribution in [3.8, 4) is 0 Å². The lowest BCUT2D eigenvalue weighted by Crippen LogP contribution is -2.21. The van der Waals surface area contributed by atoms with Gasteiger partial charge < -0.3 is 10.4 Å². The van der Waals surface area contributed by atoms with E-state index in [4.69, 9.17) is 5.11 Å². The Hall–Kier alpha value is -2.12. The van der Waals surface area contributed by atoms with Gasteiger partial charge >= 0.3 is 11.7 Å². The van der Waals surface area contributed by atoms with Gasteiger partial charge in [-0.25, -0.2) is 4.68 Å². The number of anilines is 1. The number of rotatable bonds is 6. The Morgan fingerprint density at radius 2 is 2.28 bits per heavy atom. The van der Waals surface area contributed by atoms with Crippen molar-refractivity contribution < 1.29 is 14.8 Å². The number of nitrogens with zero attached hydrogens (tertiary/aromatic N) is 3. The quantitative estimate of drug-likeness (QED) is 0.585. The molecule has 18 heavy (non-hydrogen) atoms. The Morgan fingerprint density at radius 3 is 2.72 bits per heavy atom. The fraction of sp³-hybridized carbons (Fsp3) is 0.600. The van der Waals surface area contributed by atoms with Gasteiger partial charge in [-0.05, 0) is 13.8 Å². The number of aliphatic carboxylic acids is 1. The molecule has 0 aliphatic heterocycles. The van der Waals surface area contributed by atoms with E-state index in [0.29, 0.717) is 12.2 Å². The summed E-state index contributed by atoms with van der Waals surface area (Å²) in [6.45, 7) is 5.47. The first kappa shape index (κ1) is 13.9. The zero-order chi connectivity index (χ0) is 13.9. The van der Waals surface area contributed by atoms with Gasteiger partial charge in [0.15, 0.2) is 0 Å². The Kier molecular flexibility index (Phi) is 4.24. The van der Waals surface area contributed by atoms with Crippen LogP contribution in [0.2, 0.25) is 0 Å². The molecule has 0 fully saturated rings. The Labute approximate surface area is 104 Å². The van der Waals surface area contributed by atoms with Gasteiger partial charge in [0.2, 0.25) is 5.82 Å². The molecule has 8 heteroatoms. The zero-order valence-electron chi connectivity index (χ0n) is 10.5. The lowest BCUT2D eigenvalue weighted by atomic mass is 10.2. The smallest absolute Gasteiger partial charge is 0.333 e. The van der Waals surface area contributed by atoms with Crippen LogP contribution in [0.15, 0.2) is 0 Å². The molecular formula is C10H16N4O4. The van der Waals surface area contributed by atoms with Crippen molar-refractivity contribution in [3.63, 3.8) is 0 Å². The fourth-order valence-electron chi connectivity index (χ4n) is 1.53. The second-order valence-corrected chi connectivity index (χ2v) is 3.98. The average molecular weight is 256 g/mol. The molecule has 0 amide bonds. The first-order chi connectivity index (χ1) is 8.38. The van der Waals surface area contributed by atoms with Gasteiger partial charge in [-0.3, -0.25) is 14.9 Å². The van der Waals surface area contributed by atoms with Crippen LogP contribution in [-0.2, 0) is 11.3 Å². The van der Waals surface area contributed by atoms with E-state index in [2.05, 4.69) is 10.4 Å². The molecule has 0 radical (unpaired) electrons. The van der Waals surface area contributed by atoms with Gasteiger partial charge in [0, 0.05) is 13.1 Å². The van der Waals surface area contributed by atoms with Gasteiger partial charge in [0.1, 0.15) is 5.69 Å². The van der Waals surface area contributed by atoms with Crippen LogP contribution < -0.4 is 5.32 Å². The Bertz CT molecular complexity index is 469. The topological polar surface area (TPSA) is 110 Å². The summed E-state index contributed by atoms with van der Waals surface area (Å²) in [5, 5.41) is 26.6. The van der Waals surface area contributed by atoms with Crippen LogP contribution in [0, 0.1) is 23.0 Å². The largest absolute Gasteiger partial charge is 0.481 e. The highest BCUT2D eigenvalue weighted by Gasteiger charge is 2.25. The van der Waals surface area contributed by atoms with Crippen molar-refractivity contribution in [3.05, 3.63) is 15.8 Å².